The number of anilines is 1. The molecular formula is C20H24Cl2N2O5S. The van der Waals surface area contributed by atoms with Gasteiger partial charge in [-0.05, 0) is 36.8 Å². The monoisotopic (exact) mass is 474 g/mol. The third-order valence-corrected chi connectivity index (χ3v) is 5.91. The number of nitrogens with one attached hydrogen (secondary N) is 1. The lowest BCUT2D eigenvalue weighted by atomic mass is 10.2. The van der Waals surface area contributed by atoms with Crippen LogP contribution in [-0.2, 0) is 14.8 Å². The van der Waals surface area contributed by atoms with Gasteiger partial charge in [0.25, 0.3) is 0 Å². The summed E-state index contributed by atoms with van der Waals surface area (Å²) in [5.41, 5.74) is 0.414. The van der Waals surface area contributed by atoms with E-state index in [1.807, 2.05) is 6.07 Å². The van der Waals surface area contributed by atoms with Crippen LogP contribution in [0.25, 0.3) is 0 Å². The number of carbonyl (C=O) groups is 1. The molecule has 0 fully saturated rings. The highest BCUT2D eigenvalue weighted by molar-refractivity contribution is 7.92. The molecule has 2 rings (SSSR count). The maximum atomic E-state index is 12.2. The Morgan fingerprint density at radius 1 is 1.10 bits per heavy atom. The number of sulfonamides is 1. The summed E-state index contributed by atoms with van der Waals surface area (Å²) in [6.07, 6.45) is 1.62. The smallest absolute Gasteiger partial charge is 0.232 e. The molecule has 30 heavy (non-hydrogen) atoms. The van der Waals surface area contributed by atoms with Crippen molar-refractivity contribution in [1.29, 1.82) is 0 Å². The first-order valence-corrected chi connectivity index (χ1v) is 11.8. The largest absolute Gasteiger partial charge is 0.495 e. The van der Waals surface area contributed by atoms with Gasteiger partial charge in [-0.1, -0.05) is 35.3 Å². The highest BCUT2D eigenvalue weighted by atomic mass is 35.5. The molecule has 2 aromatic carbocycles. The minimum Gasteiger partial charge on any atom is -0.495 e. The Morgan fingerprint density at radius 2 is 1.83 bits per heavy atom. The number of hydrogen-bond acceptors (Lipinski definition) is 5. The Kier molecular flexibility index (Phi) is 9.08. The van der Waals surface area contributed by atoms with Gasteiger partial charge in [0.15, 0.2) is 0 Å². The number of hydrogen-bond donors (Lipinski definition) is 1. The zero-order valence-corrected chi connectivity index (χ0v) is 19.1. The van der Waals surface area contributed by atoms with E-state index in [1.165, 1.54) is 17.5 Å². The summed E-state index contributed by atoms with van der Waals surface area (Å²) in [5, 5.41) is 3.54. The minimum atomic E-state index is -3.54. The highest BCUT2D eigenvalue weighted by Gasteiger charge is 2.19. The summed E-state index contributed by atoms with van der Waals surface area (Å²) in [6.45, 7) is 0.730. The molecule has 0 aromatic heterocycles. The molecule has 0 spiro atoms. The Labute approximate surface area is 186 Å². The second-order valence-electron chi connectivity index (χ2n) is 6.39. The first-order valence-electron chi connectivity index (χ1n) is 9.17. The first kappa shape index (κ1) is 24.1. The molecule has 0 heterocycles. The summed E-state index contributed by atoms with van der Waals surface area (Å²) in [5.74, 6) is 0.807. The Hall–Kier alpha value is -2.16. The van der Waals surface area contributed by atoms with Crippen LogP contribution in [0.2, 0.25) is 10.0 Å². The number of amides is 1. The van der Waals surface area contributed by atoms with Gasteiger partial charge in [-0.15, -0.1) is 0 Å². The molecule has 0 radical (unpaired) electrons. The number of para-hydroxylation sites is 1. The van der Waals surface area contributed by atoms with Gasteiger partial charge in [0.05, 0.1) is 35.6 Å². The zero-order valence-electron chi connectivity index (χ0n) is 16.7. The van der Waals surface area contributed by atoms with Crippen LogP contribution in [-0.4, -0.2) is 47.4 Å². The number of carbonyl (C=O) groups excluding carboxylic acids is 1. The van der Waals surface area contributed by atoms with E-state index in [1.54, 1.807) is 30.3 Å². The Bertz CT molecular complexity index is 969. The molecule has 7 nitrogen and oxygen atoms in total. The molecule has 164 valence electrons. The Balaban J connectivity index is 1.81. The number of nitrogens with zero attached hydrogens (tertiary/aromatic N) is 1. The zero-order chi connectivity index (χ0) is 22.1. The van der Waals surface area contributed by atoms with Crippen LogP contribution in [0.4, 0.5) is 5.69 Å². The topological polar surface area (TPSA) is 84.9 Å². The average Bonchev–Trinajstić information content (AvgIpc) is 2.69. The first-order chi connectivity index (χ1) is 14.2. The number of rotatable bonds is 11. The fourth-order valence-corrected chi connectivity index (χ4v) is 4.08. The summed E-state index contributed by atoms with van der Waals surface area (Å²) in [7, 11) is -2.06. The van der Waals surface area contributed by atoms with Gasteiger partial charge >= 0.3 is 0 Å². The van der Waals surface area contributed by atoms with Crippen molar-refractivity contribution in [1.82, 2.24) is 5.32 Å². The van der Waals surface area contributed by atoms with E-state index in [-0.39, 0.29) is 25.5 Å². The minimum absolute atomic E-state index is 0.144. The quantitative estimate of drug-likeness (QED) is 0.501. The maximum absolute atomic E-state index is 12.2. The van der Waals surface area contributed by atoms with Crippen LogP contribution in [0.3, 0.4) is 0 Å². The van der Waals surface area contributed by atoms with Gasteiger partial charge in [0, 0.05) is 13.0 Å². The van der Waals surface area contributed by atoms with Crippen LogP contribution in [0.5, 0.6) is 11.5 Å². The number of methoxy groups -OCH3 is 1. The van der Waals surface area contributed by atoms with Crippen molar-refractivity contribution in [3.8, 4) is 11.5 Å². The lowest BCUT2D eigenvalue weighted by Crippen LogP contribution is -2.33. The molecule has 0 saturated carbocycles. The van der Waals surface area contributed by atoms with Crippen LogP contribution in [0.1, 0.15) is 12.8 Å². The van der Waals surface area contributed by atoms with Gasteiger partial charge in [-0.3, -0.25) is 9.10 Å². The molecule has 0 aliphatic heterocycles. The molecule has 2 aromatic rings. The van der Waals surface area contributed by atoms with E-state index in [9.17, 15) is 13.2 Å². The fraction of sp³-hybridized carbons (Fsp3) is 0.350. The van der Waals surface area contributed by atoms with E-state index < -0.39 is 10.0 Å². The lowest BCUT2D eigenvalue weighted by Gasteiger charge is -2.23. The molecule has 0 saturated heterocycles. The standard InChI is InChI=1S/C20H24Cl2N2O5S/c1-28-18-10-9-15(14-17(18)22)24(30(2,26)27)12-5-8-20(25)23-11-13-29-19-7-4-3-6-16(19)21/h3-4,6-7,9-10,14H,5,8,11-13H2,1-2H3,(H,23,25). The normalized spacial score (nSPS) is 11.1. The van der Waals surface area contributed by atoms with Crippen LogP contribution < -0.4 is 19.1 Å². The summed E-state index contributed by atoms with van der Waals surface area (Å²) >= 11 is 12.1. The molecule has 1 amide bonds. The van der Waals surface area contributed by atoms with Gasteiger partial charge in [0.2, 0.25) is 15.9 Å². The molecule has 0 aliphatic carbocycles. The summed E-state index contributed by atoms with van der Waals surface area (Å²) in [4.78, 5) is 12.0. The molecule has 1 N–H and O–H groups in total. The van der Waals surface area contributed by atoms with Crippen LogP contribution in [0, 0.1) is 0 Å². The SMILES string of the molecule is COc1ccc(N(CCCC(=O)NCCOc2ccccc2Cl)S(C)(=O)=O)cc1Cl. The predicted octanol–water partition coefficient (Wildman–Crippen LogP) is 3.74. The van der Waals surface area contributed by atoms with Gasteiger partial charge in [-0.25, -0.2) is 8.42 Å². The fourth-order valence-electron chi connectivity index (χ4n) is 2.68. The Morgan fingerprint density at radius 3 is 2.47 bits per heavy atom. The predicted molar refractivity (Wildman–Crippen MR) is 119 cm³/mol. The van der Waals surface area contributed by atoms with Crippen molar-refractivity contribution >= 4 is 44.8 Å². The molecular weight excluding hydrogens is 451 g/mol. The molecule has 0 unspecified atom stereocenters. The third kappa shape index (κ3) is 7.27. The molecule has 0 bridgehead atoms. The number of benzene rings is 2. The van der Waals surface area contributed by atoms with Crippen molar-refractivity contribution in [3.05, 3.63) is 52.5 Å². The van der Waals surface area contributed by atoms with Crippen molar-refractivity contribution in [2.24, 2.45) is 0 Å². The molecule has 10 heteroatoms. The highest BCUT2D eigenvalue weighted by Crippen LogP contribution is 2.30. The van der Waals surface area contributed by atoms with E-state index in [4.69, 9.17) is 32.7 Å². The van der Waals surface area contributed by atoms with E-state index in [2.05, 4.69) is 5.32 Å². The second-order valence-corrected chi connectivity index (χ2v) is 9.11. The summed E-state index contributed by atoms with van der Waals surface area (Å²) in [6, 6.07) is 11.8. The van der Waals surface area contributed by atoms with Gasteiger partial charge in [0.1, 0.15) is 18.1 Å². The van der Waals surface area contributed by atoms with Crippen LogP contribution >= 0.6 is 23.2 Å². The molecule has 0 aliphatic rings. The van der Waals surface area contributed by atoms with E-state index in [0.29, 0.717) is 40.2 Å². The number of halogens is 2. The van der Waals surface area contributed by atoms with Gasteiger partial charge < -0.3 is 14.8 Å². The van der Waals surface area contributed by atoms with E-state index >= 15 is 0 Å². The lowest BCUT2D eigenvalue weighted by molar-refractivity contribution is -0.121. The summed E-state index contributed by atoms with van der Waals surface area (Å²) < 4.78 is 36.1. The van der Waals surface area contributed by atoms with Crippen molar-refractivity contribution in [3.63, 3.8) is 0 Å². The van der Waals surface area contributed by atoms with Crippen molar-refractivity contribution in [2.45, 2.75) is 12.8 Å². The van der Waals surface area contributed by atoms with Crippen molar-refractivity contribution < 1.29 is 22.7 Å². The molecule has 0 atom stereocenters. The van der Waals surface area contributed by atoms with Crippen molar-refractivity contribution in [2.75, 3.05) is 37.4 Å². The van der Waals surface area contributed by atoms with Crippen LogP contribution in [0.15, 0.2) is 42.5 Å². The second kappa shape index (κ2) is 11.3. The van der Waals surface area contributed by atoms with Gasteiger partial charge in [-0.2, -0.15) is 0 Å². The van der Waals surface area contributed by atoms with E-state index in [0.717, 1.165) is 6.26 Å². The average molecular weight is 475 g/mol. The maximum Gasteiger partial charge on any atom is 0.232 e. The third-order valence-electron chi connectivity index (χ3n) is 4.11. The number of ether oxygens (including phenoxy) is 2.